The lowest BCUT2D eigenvalue weighted by molar-refractivity contribution is -0.133. The van der Waals surface area contributed by atoms with Gasteiger partial charge < -0.3 is 21.3 Å². The zero-order valence-corrected chi connectivity index (χ0v) is 16.2. The van der Waals surface area contributed by atoms with Crippen LogP contribution < -0.4 is 16.4 Å². The molecule has 1 saturated heterocycles. The van der Waals surface area contributed by atoms with Crippen molar-refractivity contribution in [3.05, 3.63) is 65.0 Å². The van der Waals surface area contributed by atoms with Crippen molar-refractivity contribution in [3.63, 3.8) is 0 Å². The predicted molar refractivity (Wildman–Crippen MR) is 109 cm³/mol. The lowest BCUT2D eigenvalue weighted by atomic mass is 9.92. The van der Waals surface area contributed by atoms with Crippen LogP contribution in [0.5, 0.6) is 0 Å². The van der Waals surface area contributed by atoms with Crippen LogP contribution in [0.3, 0.4) is 0 Å². The van der Waals surface area contributed by atoms with E-state index in [9.17, 15) is 14.0 Å². The van der Waals surface area contributed by atoms with Gasteiger partial charge in [-0.3, -0.25) is 9.59 Å². The summed E-state index contributed by atoms with van der Waals surface area (Å²) in [6, 6.07) is 11.7. The van der Waals surface area contributed by atoms with Gasteiger partial charge in [0.2, 0.25) is 5.91 Å². The average Bonchev–Trinajstić information content (AvgIpc) is 3.17. The molecule has 2 amide bonds. The second-order valence-electron chi connectivity index (χ2n) is 7.71. The van der Waals surface area contributed by atoms with E-state index in [2.05, 4.69) is 12.1 Å². The normalized spacial score (nSPS) is 19.7. The molecule has 6 nitrogen and oxygen atoms in total. The molecule has 2 unspecified atom stereocenters. The zero-order chi connectivity index (χ0) is 20.5. The molecule has 1 heterocycles. The monoisotopic (exact) mass is 396 g/mol. The van der Waals surface area contributed by atoms with Crippen molar-refractivity contribution in [2.75, 3.05) is 31.1 Å². The number of primary amides is 1. The Morgan fingerprint density at radius 3 is 2.52 bits per heavy atom. The first-order valence-corrected chi connectivity index (χ1v) is 9.92. The fourth-order valence-electron chi connectivity index (χ4n) is 4.50. The predicted octanol–water partition coefficient (Wildman–Crippen LogP) is 1.63. The Morgan fingerprint density at radius 2 is 1.79 bits per heavy atom. The highest BCUT2D eigenvalue weighted by atomic mass is 19.1. The number of anilines is 1. The van der Waals surface area contributed by atoms with E-state index < -0.39 is 17.8 Å². The van der Waals surface area contributed by atoms with E-state index in [0.29, 0.717) is 31.9 Å². The molecule has 29 heavy (non-hydrogen) atoms. The Hall–Kier alpha value is -2.93. The number of hydrogen-bond donors (Lipinski definition) is 2. The van der Waals surface area contributed by atoms with Crippen LogP contribution in [0.4, 0.5) is 10.1 Å². The molecule has 0 spiro atoms. The summed E-state index contributed by atoms with van der Waals surface area (Å²) in [7, 11) is 0. The topological polar surface area (TPSA) is 92.7 Å². The van der Waals surface area contributed by atoms with E-state index in [4.69, 9.17) is 11.5 Å². The average molecular weight is 396 g/mol. The van der Waals surface area contributed by atoms with Gasteiger partial charge in [-0.25, -0.2) is 4.39 Å². The van der Waals surface area contributed by atoms with Gasteiger partial charge in [-0.05, 0) is 42.2 Å². The number of nitrogens with zero attached hydrogens (tertiary/aromatic N) is 2. The highest BCUT2D eigenvalue weighted by molar-refractivity contribution is 5.98. The minimum absolute atomic E-state index is 0.0411. The standard InChI is InChI=1S/C22H25FN4O2/c23-15-6-8-19(18(13-15)21(25)28)26-9-11-27(12-10-26)22(29)20(24)17-7-5-14-3-1-2-4-16(14)17/h1-4,6,8,13,17,20H,5,7,9-12,24H2,(H2,25,28). The summed E-state index contributed by atoms with van der Waals surface area (Å²) in [5, 5.41) is 0. The number of carbonyl (C=O) groups is 2. The van der Waals surface area contributed by atoms with Crippen LogP contribution in [-0.4, -0.2) is 48.9 Å². The molecule has 1 aliphatic heterocycles. The molecule has 1 fully saturated rings. The molecular weight excluding hydrogens is 371 g/mol. The van der Waals surface area contributed by atoms with Crippen molar-refractivity contribution in [3.8, 4) is 0 Å². The lowest BCUT2D eigenvalue weighted by Crippen LogP contribution is -2.54. The molecule has 0 saturated carbocycles. The van der Waals surface area contributed by atoms with Crippen LogP contribution in [0, 0.1) is 5.82 Å². The molecule has 4 rings (SSSR count). The third-order valence-electron chi connectivity index (χ3n) is 6.05. The number of hydrogen-bond acceptors (Lipinski definition) is 4. The second kappa shape index (κ2) is 7.83. The minimum atomic E-state index is -0.667. The Balaban J connectivity index is 1.43. The van der Waals surface area contributed by atoms with Crippen LogP contribution in [0.15, 0.2) is 42.5 Å². The highest BCUT2D eigenvalue weighted by Gasteiger charge is 2.35. The Morgan fingerprint density at radius 1 is 1.07 bits per heavy atom. The maximum atomic E-state index is 13.5. The van der Waals surface area contributed by atoms with E-state index in [1.165, 1.54) is 17.2 Å². The summed E-state index contributed by atoms with van der Waals surface area (Å²) in [4.78, 5) is 28.4. The molecule has 4 N–H and O–H groups in total. The largest absolute Gasteiger partial charge is 0.367 e. The summed E-state index contributed by atoms with van der Waals surface area (Å²) >= 11 is 0. The van der Waals surface area contributed by atoms with Crippen molar-refractivity contribution in [1.29, 1.82) is 0 Å². The number of piperazine rings is 1. The van der Waals surface area contributed by atoms with E-state index >= 15 is 0 Å². The number of aryl methyl sites for hydroxylation is 1. The minimum Gasteiger partial charge on any atom is -0.367 e. The van der Waals surface area contributed by atoms with Gasteiger partial charge in [-0.1, -0.05) is 24.3 Å². The molecule has 1 aliphatic carbocycles. The van der Waals surface area contributed by atoms with Gasteiger partial charge in [0, 0.05) is 37.8 Å². The van der Waals surface area contributed by atoms with Crippen LogP contribution in [0.1, 0.15) is 33.8 Å². The fraction of sp³-hybridized carbons (Fsp3) is 0.364. The molecule has 2 aromatic carbocycles. The summed E-state index contributed by atoms with van der Waals surface area (Å²) in [6.07, 6.45) is 1.85. The van der Waals surface area contributed by atoms with Crippen molar-refractivity contribution in [1.82, 2.24) is 4.90 Å². The van der Waals surface area contributed by atoms with Gasteiger partial charge in [-0.15, -0.1) is 0 Å². The van der Waals surface area contributed by atoms with Crippen LogP contribution in [0.25, 0.3) is 0 Å². The quantitative estimate of drug-likeness (QED) is 0.822. The zero-order valence-electron chi connectivity index (χ0n) is 16.2. The Labute approximate surface area is 169 Å². The summed E-state index contributed by atoms with van der Waals surface area (Å²) in [6.45, 7) is 2.06. The molecule has 0 bridgehead atoms. The first-order valence-electron chi connectivity index (χ1n) is 9.92. The summed E-state index contributed by atoms with van der Waals surface area (Å²) in [5.41, 5.74) is 15.0. The van der Waals surface area contributed by atoms with Crippen molar-refractivity contribution < 1.29 is 14.0 Å². The summed E-state index contributed by atoms with van der Waals surface area (Å²) < 4.78 is 13.5. The molecular formula is C22H25FN4O2. The first kappa shape index (κ1) is 19.4. The Bertz CT molecular complexity index is 940. The van der Waals surface area contributed by atoms with Crippen molar-refractivity contribution in [2.24, 2.45) is 11.5 Å². The maximum Gasteiger partial charge on any atom is 0.250 e. The molecule has 0 aromatic heterocycles. The van der Waals surface area contributed by atoms with Crippen molar-refractivity contribution in [2.45, 2.75) is 24.8 Å². The number of amides is 2. The van der Waals surface area contributed by atoms with E-state index in [1.807, 2.05) is 17.0 Å². The molecule has 2 aromatic rings. The van der Waals surface area contributed by atoms with E-state index in [-0.39, 0.29) is 17.4 Å². The van der Waals surface area contributed by atoms with Gasteiger partial charge in [0.1, 0.15) is 5.82 Å². The van der Waals surface area contributed by atoms with Gasteiger partial charge in [0.15, 0.2) is 0 Å². The van der Waals surface area contributed by atoms with Gasteiger partial charge in [0.05, 0.1) is 11.6 Å². The molecule has 7 heteroatoms. The number of benzene rings is 2. The lowest BCUT2D eigenvalue weighted by Gasteiger charge is -2.38. The van der Waals surface area contributed by atoms with Gasteiger partial charge in [-0.2, -0.15) is 0 Å². The van der Waals surface area contributed by atoms with Gasteiger partial charge in [0.25, 0.3) is 5.91 Å². The number of rotatable bonds is 4. The van der Waals surface area contributed by atoms with E-state index in [0.717, 1.165) is 18.9 Å². The van der Waals surface area contributed by atoms with Crippen molar-refractivity contribution >= 4 is 17.5 Å². The highest BCUT2D eigenvalue weighted by Crippen LogP contribution is 2.35. The Kier molecular flexibility index (Phi) is 5.24. The SMILES string of the molecule is NC(=O)c1cc(F)ccc1N1CCN(C(=O)C(N)C2CCc3ccccc32)CC1. The van der Waals surface area contributed by atoms with Crippen LogP contribution in [-0.2, 0) is 11.2 Å². The molecule has 2 atom stereocenters. The number of halogens is 1. The number of carbonyl (C=O) groups excluding carboxylic acids is 2. The third-order valence-corrected chi connectivity index (χ3v) is 6.05. The molecule has 0 radical (unpaired) electrons. The maximum absolute atomic E-state index is 13.5. The van der Waals surface area contributed by atoms with E-state index in [1.54, 1.807) is 11.0 Å². The number of nitrogens with two attached hydrogens (primary N) is 2. The first-order chi connectivity index (χ1) is 14.0. The third kappa shape index (κ3) is 3.70. The fourth-order valence-corrected chi connectivity index (χ4v) is 4.50. The van der Waals surface area contributed by atoms with Gasteiger partial charge >= 0.3 is 0 Å². The number of fused-ring (bicyclic) bond motifs is 1. The smallest absolute Gasteiger partial charge is 0.250 e. The summed E-state index contributed by atoms with van der Waals surface area (Å²) in [5.74, 6) is -1.16. The second-order valence-corrected chi connectivity index (χ2v) is 7.71. The molecule has 2 aliphatic rings. The van der Waals surface area contributed by atoms with Crippen LogP contribution in [0.2, 0.25) is 0 Å². The van der Waals surface area contributed by atoms with Crippen LogP contribution >= 0.6 is 0 Å². The molecule has 152 valence electrons.